The molecule has 1 aromatic rings. The number of aliphatic hydroxyl groups is 1. The summed E-state index contributed by atoms with van der Waals surface area (Å²) >= 11 is 0. The predicted molar refractivity (Wildman–Crippen MR) is 116 cm³/mol. The van der Waals surface area contributed by atoms with E-state index in [-0.39, 0.29) is 23.2 Å². The molecule has 0 aromatic carbocycles. The predicted octanol–water partition coefficient (Wildman–Crippen LogP) is 1.43. The summed E-state index contributed by atoms with van der Waals surface area (Å²) in [6, 6.07) is -0.177. The molecule has 2 saturated carbocycles. The average molecular weight is 450 g/mol. The number of amides is 1. The Morgan fingerprint density at radius 2 is 1.90 bits per heavy atom. The molecule has 2 atom stereocenters. The second-order valence-electron chi connectivity index (χ2n) is 9.63. The number of piperidine rings is 1. The van der Waals surface area contributed by atoms with Gasteiger partial charge in [0.15, 0.2) is 0 Å². The Bertz CT molecular complexity index is 970. The number of nitrogens with one attached hydrogen (secondary N) is 1. The molecule has 2 aliphatic carbocycles. The summed E-state index contributed by atoms with van der Waals surface area (Å²) in [5, 5.41) is 14.0. The number of carbonyl (C=O) groups excluding carboxylic acids is 1. The number of aromatic nitrogens is 2. The molecule has 5 rings (SSSR count). The summed E-state index contributed by atoms with van der Waals surface area (Å²) in [6.07, 6.45) is 8.09. The average Bonchev–Trinajstić information content (AvgIpc) is 3.53. The van der Waals surface area contributed by atoms with Gasteiger partial charge in [-0.25, -0.2) is 17.7 Å². The van der Waals surface area contributed by atoms with Crippen LogP contribution in [0.1, 0.15) is 63.9 Å². The fourth-order valence-electron chi connectivity index (χ4n) is 5.21. The highest BCUT2D eigenvalue weighted by atomic mass is 32.2. The molecule has 170 valence electrons. The highest BCUT2D eigenvalue weighted by molar-refractivity contribution is 7.90. The Kier molecular flexibility index (Phi) is 5.22. The van der Waals surface area contributed by atoms with Gasteiger partial charge < -0.3 is 10.4 Å². The molecule has 2 aliphatic heterocycles. The number of anilines is 2. The van der Waals surface area contributed by atoms with E-state index in [1.54, 1.807) is 22.3 Å². The summed E-state index contributed by atoms with van der Waals surface area (Å²) in [6.45, 7) is 2.82. The molecule has 0 radical (unpaired) electrons. The largest absolute Gasteiger partial charge is 0.388 e. The lowest BCUT2D eigenvalue weighted by Gasteiger charge is -2.39. The molecule has 2 N–H and O–H groups in total. The van der Waals surface area contributed by atoms with Gasteiger partial charge in [0, 0.05) is 37.3 Å². The zero-order valence-electron chi connectivity index (χ0n) is 18.0. The third-order valence-corrected chi connectivity index (χ3v) is 9.63. The molecule has 2 unspecified atom stereocenters. The minimum absolute atomic E-state index is 0.00270. The van der Waals surface area contributed by atoms with Crippen LogP contribution in [0.2, 0.25) is 0 Å². The van der Waals surface area contributed by atoms with Gasteiger partial charge in [0.05, 0.1) is 16.9 Å². The van der Waals surface area contributed by atoms with Gasteiger partial charge >= 0.3 is 0 Å². The van der Waals surface area contributed by atoms with Crippen molar-refractivity contribution in [2.75, 3.05) is 23.3 Å². The molecule has 1 amide bonds. The molecule has 9 nitrogen and oxygen atoms in total. The van der Waals surface area contributed by atoms with Gasteiger partial charge in [-0.15, -0.1) is 0 Å². The Labute approximate surface area is 183 Å². The first-order valence-electron chi connectivity index (χ1n) is 11.4. The summed E-state index contributed by atoms with van der Waals surface area (Å²) in [5.41, 5.74) is 0.0149. The fraction of sp³-hybridized carbons (Fsp3) is 0.762. The molecule has 10 heteroatoms. The van der Waals surface area contributed by atoms with Crippen LogP contribution in [0.25, 0.3) is 0 Å². The summed E-state index contributed by atoms with van der Waals surface area (Å²) in [5.74, 6) is 1.07. The van der Waals surface area contributed by atoms with E-state index in [2.05, 4.69) is 10.3 Å². The normalized spacial score (nSPS) is 30.5. The first-order chi connectivity index (χ1) is 14.8. The Balaban J connectivity index is 1.30. The van der Waals surface area contributed by atoms with Crippen molar-refractivity contribution in [3.05, 3.63) is 11.8 Å². The Morgan fingerprint density at radius 1 is 1.16 bits per heavy atom. The highest BCUT2D eigenvalue weighted by Gasteiger charge is 2.45. The van der Waals surface area contributed by atoms with Gasteiger partial charge in [0.25, 0.3) is 0 Å². The summed E-state index contributed by atoms with van der Waals surface area (Å²) in [7, 11) is -3.12. The third kappa shape index (κ3) is 3.93. The highest BCUT2D eigenvalue weighted by Crippen LogP contribution is 2.39. The first kappa shape index (κ1) is 21.1. The van der Waals surface area contributed by atoms with Gasteiger partial charge in [-0.2, -0.15) is 4.98 Å². The van der Waals surface area contributed by atoms with E-state index in [1.807, 2.05) is 0 Å². The Morgan fingerprint density at radius 3 is 2.55 bits per heavy atom. The molecule has 1 aromatic heterocycles. The minimum Gasteiger partial charge on any atom is -0.388 e. The fourth-order valence-corrected chi connectivity index (χ4v) is 7.08. The number of hydrogen-bond acceptors (Lipinski definition) is 7. The molecule has 4 aliphatic rings. The zero-order chi connectivity index (χ0) is 21.8. The molecule has 31 heavy (non-hydrogen) atoms. The SMILES string of the molecule is CC1(O)CCCC1N1C(=O)CCc2cnc(NC3CCN(S(=O)(=O)C4CC4)CC3)nc21. The van der Waals surface area contributed by atoms with Crippen molar-refractivity contribution in [2.24, 2.45) is 0 Å². The van der Waals surface area contributed by atoms with Gasteiger partial charge in [-0.05, 0) is 58.3 Å². The standard InChI is InChI=1S/C21H31N5O4S/c1-21(28)10-2-3-17(21)26-18(27)7-4-14-13-22-20(24-19(14)26)23-15-8-11-25(12-9-15)31(29,30)16-5-6-16/h13,15-17,28H,2-12H2,1H3,(H,22,23,24). The number of carbonyl (C=O) groups is 1. The van der Waals surface area contributed by atoms with E-state index >= 15 is 0 Å². The molecule has 3 fully saturated rings. The summed E-state index contributed by atoms with van der Waals surface area (Å²) < 4.78 is 26.5. The smallest absolute Gasteiger partial charge is 0.228 e. The van der Waals surface area contributed by atoms with Crippen molar-refractivity contribution < 1.29 is 18.3 Å². The van der Waals surface area contributed by atoms with Crippen molar-refractivity contribution in [3.63, 3.8) is 0 Å². The Hall–Kier alpha value is -1.78. The topological polar surface area (TPSA) is 116 Å². The molecule has 0 spiro atoms. The van der Waals surface area contributed by atoms with E-state index in [0.717, 1.165) is 31.2 Å². The van der Waals surface area contributed by atoms with Crippen molar-refractivity contribution in [3.8, 4) is 0 Å². The van der Waals surface area contributed by atoms with E-state index in [4.69, 9.17) is 4.98 Å². The monoisotopic (exact) mass is 449 g/mol. The van der Waals surface area contributed by atoms with Crippen molar-refractivity contribution in [1.82, 2.24) is 14.3 Å². The maximum Gasteiger partial charge on any atom is 0.228 e. The van der Waals surface area contributed by atoms with Gasteiger partial charge in [-0.3, -0.25) is 9.69 Å². The van der Waals surface area contributed by atoms with Crippen molar-refractivity contribution in [1.29, 1.82) is 0 Å². The van der Waals surface area contributed by atoms with Crippen LogP contribution in [0, 0.1) is 0 Å². The van der Waals surface area contributed by atoms with Crippen LogP contribution < -0.4 is 10.2 Å². The van der Waals surface area contributed by atoms with Crippen LogP contribution >= 0.6 is 0 Å². The summed E-state index contributed by atoms with van der Waals surface area (Å²) in [4.78, 5) is 23.6. The quantitative estimate of drug-likeness (QED) is 0.698. The van der Waals surface area contributed by atoms with Gasteiger partial charge in [0.1, 0.15) is 5.82 Å². The molecular weight excluding hydrogens is 418 g/mol. The lowest BCUT2D eigenvalue weighted by molar-refractivity contribution is -0.120. The van der Waals surface area contributed by atoms with Gasteiger partial charge in [0.2, 0.25) is 21.9 Å². The maximum absolute atomic E-state index is 12.8. The second-order valence-corrected chi connectivity index (χ2v) is 11.8. The molecular formula is C21H31N5O4S. The number of hydrogen-bond donors (Lipinski definition) is 2. The van der Waals surface area contributed by atoms with Crippen LogP contribution in [0.15, 0.2) is 6.20 Å². The number of nitrogens with zero attached hydrogens (tertiary/aromatic N) is 4. The van der Waals surface area contributed by atoms with Crippen LogP contribution in [0.3, 0.4) is 0 Å². The number of sulfonamides is 1. The van der Waals surface area contributed by atoms with Crippen LogP contribution in [0.4, 0.5) is 11.8 Å². The minimum atomic E-state index is -3.12. The van der Waals surface area contributed by atoms with E-state index in [1.165, 1.54) is 0 Å². The van der Waals surface area contributed by atoms with Gasteiger partial charge in [-0.1, -0.05) is 0 Å². The van der Waals surface area contributed by atoms with Crippen LogP contribution in [0.5, 0.6) is 0 Å². The van der Waals surface area contributed by atoms with E-state index in [0.29, 0.717) is 57.0 Å². The lowest BCUT2D eigenvalue weighted by atomic mass is 9.95. The number of fused-ring (bicyclic) bond motifs is 1. The van der Waals surface area contributed by atoms with Crippen molar-refractivity contribution >= 4 is 27.7 Å². The van der Waals surface area contributed by atoms with Crippen LogP contribution in [-0.2, 0) is 21.2 Å². The number of rotatable bonds is 5. The van der Waals surface area contributed by atoms with Crippen molar-refractivity contribution in [2.45, 2.75) is 87.6 Å². The van der Waals surface area contributed by atoms with Crippen LogP contribution in [-0.4, -0.2) is 69.7 Å². The number of aryl methyl sites for hydroxylation is 1. The molecule has 1 saturated heterocycles. The first-order valence-corrected chi connectivity index (χ1v) is 12.9. The zero-order valence-corrected chi connectivity index (χ0v) is 18.8. The molecule has 3 heterocycles. The van der Waals surface area contributed by atoms with E-state index < -0.39 is 15.6 Å². The van der Waals surface area contributed by atoms with E-state index in [9.17, 15) is 18.3 Å². The second kappa shape index (κ2) is 7.67. The lowest BCUT2D eigenvalue weighted by Crippen LogP contribution is -2.52. The molecule has 0 bridgehead atoms. The third-order valence-electron chi connectivity index (χ3n) is 7.23. The maximum atomic E-state index is 12.8.